The summed E-state index contributed by atoms with van der Waals surface area (Å²) in [6, 6.07) is 0.651. The van der Waals surface area contributed by atoms with E-state index >= 15 is 0 Å². The smallest absolute Gasteiger partial charge is 0.465 e. The molecule has 0 amide bonds. The van der Waals surface area contributed by atoms with Crippen LogP contribution >= 0.6 is 15.9 Å². The van der Waals surface area contributed by atoms with Crippen molar-refractivity contribution in [2.75, 3.05) is 26.4 Å². The zero-order valence-corrected chi connectivity index (χ0v) is 15.7. The number of hydrogen-bond acceptors (Lipinski definition) is 5. The van der Waals surface area contributed by atoms with Gasteiger partial charge in [-0.3, -0.25) is 4.79 Å². The summed E-state index contributed by atoms with van der Waals surface area (Å²) in [6.45, 7) is 11.3. The maximum atomic E-state index is 11.6. The highest BCUT2D eigenvalue weighted by atomic mass is 79.9. The van der Waals surface area contributed by atoms with Crippen LogP contribution in [0.1, 0.15) is 41.0 Å². The first kappa shape index (κ1) is 20.0. The molecule has 0 saturated heterocycles. The van der Waals surface area contributed by atoms with E-state index in [9.17, 15) is 4.79 Å². The minimum Gasteiger partial charge on any atom is -0.465 e. The molecular formula is C13H27BrO5Si. The number of hydrogen-bond donors (Lipinski definition) is 0. The minimum atomic E-state index is -2.62. The Hall–Kier alpha value is 0.0469. The second-order valence-electron chi connectivity index (χ2n) is 4.69. The van der Waals surface area contributed by atoms with Crippen molar-refractivity contribution in [3.05, 3.63) is 0 Å². The lowest BCUT2D eigenvalue weighted by atomic mass is 10.2. The van der Waals surface area contributed by atoms with Gasteiger partial charge < -0.3 is 18.0 Å². The van der Waals surface area contributed by atoms with E-state index in [2.05, 4.69) is 15.9 Å². The molecule has 120 valence electrons. The predicted molar refractivity (Wildman–Crippen MR) is 84.0 cm³/mol. The summed E-state index contributed by atoms with van der Waals surface area (Å²) < 4.78 is 21.7. The highest BCUT2D eigenvalue weighted by Crippen LogP contribution is 2.20. The molecule has 0 aliphatic heterocycles. The van der Waals surface area contributed by atoms with E-state index in [1.165, 1.54) is 0 Å². The van der Waals surface area contributed by atoms with Crippen LogP contribution in [0.2, 0.25) is 6.04 Å². The molecule has 0 saturated carbocycles. The number of esters is 1. The van der Waals surface area contributed by atoms with Gasteiger partial charge in [0.25, 0.3) is 0 Å². The third-order valence-electron chi connectivity index (χ3n) is 2.44. The van der Waals surface area contributed by atoms with Crippen molar-refractivity contribution >= 4 is 30.7 Å². The maximum absolute atomic E-state index is 11.6. The summed E-state index contributed by atoms with van der Waals surface area (Å²) in [5, 5.41) is 0. The summed E-state index contributed by atoms with van der Waals surface area (Å²) in [6.07, 6.45) is 0.668. The summed E-state index contributed by atoms with van der Waals surface area (Å²) >= 11 is 3.27. The predicted octanol–water partition coefficient (Wildman–Crippen LogP) is 3.14. The molecule has 0 fully saturated rings. The molecule has 0 aromatic carbocycles. The van der Waals surface area contributed by atoms with Gasteiger partial charge in [-0.25, -0.2) is 0 Å². The first-order valence-electron chi connectivity index (χ1n) is 7.09. The molecule has 0 aliphatic carbocycles. The van der Waals surface area contributed by atoms with E-state index in [1.54, 1.807) is 13.8 Å². The van der Waals surface area contributed by atoms with E-state index < -0.39 is 13.1 Å². The number of halogens is 1. The Bertz CT molecular complexity index is 263. The van der Waals surface area contributed by atoms with Gasteiger partial charge in [0.05, 0.1) is 6.61 Å². The van der Waals surface area contributed by atoms with Crippen LogP contribution in [-0.4, -0.2) is 45.5 Å². The second kappa shape index (κ2) is 9.89. The highest BCUT2D eigenvalue weighted by molar-refractivity contribution is 9.10. The number of carbonyl (C=O) groups is 1. The lowest BCUT2D eigenvalue weighted by Crippen LogP contribution is -2.46. The number of ether oxygens (including phenoxy) is 1. The molecule has 0 aliphatic rings. The van der Waals surface area contributed by atoms with Crippen LogP contribution in [0.4, 0.5) is 0 Å². The lowest BCUT2D eigenvalue weighted by molar-refractivity contribution is -0.145. The average Bonchev–Trinajstić information content (AvgIpc) is 2.34. The average molecular weight is 371 g/mol. The van der Waals surface area contributed by atoms with Crippen LogP contribution in [0.15, 0.2) is 0 Å². The molecule has 7 heteroatoms. The normalized spacial score (nSPS) is 12.5. The van der Waals surface area contributed by atoms with E-state index in [0.29, 0.717) is 38.9 Å². The van der Waals surface area contributed by atoms with Crippen LogP contribution < -0.4 is 0 Å². The van der Waals surface area contributed by atoms with Gasteiger partial charge in [0.1, 0.15) is 4.32 Å². The van der Waals surface area contributed by atoms with Crippen molar-refractivity contribution < 1.29 is 22.8 Å². The van der Waals surface area contributed by atoms with Gasteiger partial charge in [0.15, 0.2) is 0 Å². The van der Waals surface area contributed by atoms with Crippen molar-refractivity contribution in [2.45, 2.75) is 51.4 Å². The zero-order chi connectivity index (χ0) is 15.6. The molecule has 0 bridgehead atoms. The van der Waals surface area contributed by atoms with Crippen molar-refractivity contribution in [1.82, 2.24) is 0 Å². The monoisotopic (exact) mass is 370 g/mol. The van der Waals surface area contributed by atoms with Crippen LogP contribution in [-0.2, 0) is 22.8 Å². The van der Waals surface area contributed by atoms with E-state index in [4.69, 9.17) is 18.0 Å². The fraction of sp³-hybridized carbons (Fsp3) is 0.923. The molecule has 0 rings (SSSR count). The molecule has 0 aromatic rings. The Balaban J connectivity index is 4.29. The number of carbonyl (C=O) groups excluding carboxylic acids is 1. The van der Waals surface area contributed by atoms with Gasteiger partial charge in [0.2, 0.25) is 0 Å². The molecule has 20 heavy (non-hydrogen) atoms. The summed E-state index contributed by atoms with van der Waals surface area (Å²) in [5.41, 5.74) is 0. The summed E-state index contributed by atoms with van der Waals surface area (Å²) in [5.74, 6) is -0.269. The number of alkyl halides is 1. The van der Waals surface area contributed by atoms with E-state index in [0.717, 1.165) is 0 Å². The quantitative estimate of drug-likeness (QED) is 0.242. The van der Waals surface area contributed by atoms with Gasteiger partial charge in [-0.1, -0.05) is 15.9 Å². The first-order chi connectivity index (χ1) is 9.31. The minimum absolute atomic E-state index is 0.269. The third kappa shape index (κ3) is 7.73. The molecule has 5 nitrogen and oxygen atoms in total. The largest absolute Gasteiger partial charge is 0.501 e. The Morgan fingerprint density at radius 3 is 1.85 bits per heavy atom. The molecule has 0 radical (unpaired) electrons. The molecule has 0 unspecified atom stereocenters. The fourth-order valence-corrected chi connectivity index (χ4v) is 4.32. The molecule has 0 aromatic heterocycles. The molecule has 0 N–H and O–H groups in total. The van der Waals surface area contributed by atoms with Crippen molar-refractivity contribution in [1.29, 1.82) is 0 Å². The Labute approximate surface area is 131 Å². The standard InChI is InChI=1S/C13H27BrO5Si/c1-6-17-20(18-7-2,19-8-3)11-9-10-16-12(15)13(4,5)14/h6-11H2,1-5H3. The van der Waals surface area contributed by atoms with Gasteiger partial charge in [-0.2, -0.15) is 0 Å². The van der Waals surface area contributed by atoms with Gasteiger partial charge in [-0.15, -0.1) is 0 Å². The Morgan fingerprint density at radius 2 is 1.50 bits per heavy atom. The molecule has 0 spiro atoms. The van der Waals surface area contributed by atoms with Crippen LogP contribution in [0.25, 0.3) is 0 Å². The maximum Gasteiger partial charge on any atom is 0.501 e. The summed E-state index contributed by atoms with van der Waals surface area (Å²) in [7, 11) is -2.62. The SMILES string of the molecule is CCO[Si](CCCOC(=O)C(C)(C)Br)(OCC)OCC. The van der Waals surface area contributed by atoms with E-state index in [-0.39, 0.29) is 5.97 Å². The van der Waals surface area contributed by atoms with E-state index in [1.807, 2.05) is 20.8 Å². The fourth-order valence-electron chi connectivity index (χ4n) is 1.63. The van der Waals surface area contributed by atoms with Gasteiger partial charge >= 0.3 is 14.8 Å². The van der Waals surface area contributed by atoms with Crippen molar-refractivity contribution in [2.24, 2.45) is 0 Å². The lowest BCUT2D eigenvalue weighted by Gasteiger charge is -2.28. The molecular weight excluding hydrogens is 344 g/mol. The topological polar surface area (TPSA) is 54.0 Å². The molecule has 0 heterocycles. The first-order valence-corrected chi connectivity index (χ1v) is 9.81. The summed E-state index contributed by atoms with van der Waals surface area (Å²) in [4.78, 5) is 11.6. The van der Waals surface area contributed by atoms with Crippen molar-refractivity contribution in [3.63, 3.8) is 0 Å². The van der Waals surface area contributed by atoms with Gasteiger partial charge in [-0.05, 0) is 41.0 Å². The third-order valence-corrected chi connectivity index (χ3v) is 5.91. The van der Waals surface area contributed by atoms with Crippen LogP contribution in [0.3, 0.4) is 0 Å². The number of rotatable bonds is 11. The van der Waals surface area contributed by atoms with Crippen LogP contribution in [0, 0.1) is 0 Å². The molecule has 0 atom stereocenters. The van der Waals surface area contributed by atoms with Gasteiger partial charge in [0, 0.05) is 25.9 Å². The van der Waals surface area contributed by atoms with Crippen molar-refractivity contribution in [3.8, 4) is 0 Å². The van der Waals surface area contributed by atoms with Crippen LogP contribution in [0.5, 0.6) is 0 Å². The second-order valence-corrected chi connectivity index (χ2v) is 9.41. The Kier molecular flexibility index (Phi) is 9.91. The Morgan fingerprint density at radius 1 is 1.05 bits per heavy atom. The highest BCUT2D eigenvalue weighted by Gasteiger charge is 2.39. The zero-order valence-electron chi connectivity index (χ0n) is 13.2.